The predicted molar refractivity (Wildman–Crippen MR) is 156 cm³/mol. The highest BCUT2D eigenvalue weighted by Crippen LogP contribution is 2.37. The minimum absolute atomic E-state index is 0.156. The van der Waals surface area contributed by atoms with Crippen LogP contribution < -0.4 is 11.1 Å². The van der Waals surface area contributed by atoms with E-state index < -0.39 is 17.6 Å². The molecular formula is C32H41F3N4O2. The molecule has 41 heavy (non-hydrogen) atoms. The lowest BCUT2D eigenvalue weighted by Crippen LogP contribution is -2.45. The molecule has 0 radical (unpaired) electrons. The number of morpholine rings is 1. The van der Waals surface area contributed by atoms with E-state index >= 15 is 0 Å². The predicted octanol–water partition coefficient (Wildman–Crippen LogP) is 6.44. The van der Waals surface area contributed by atoms with Crippen molar-refractivity contribution in [2.75, 3.05) is 26.3 Å². The highest BCUT2D eigenvalue weighted by Gasteiger charge is 2.31. The van der Waals surface area contributed by atoms with Crippen LogP contribution in [0.5, 0.6) is 0 Å². The zero-order valence-corrected chi connectivity index (χ0v) is 24.1. The van der Waals surface area contributed by atoms with Crippen LogP contribution in [0.3, 0.4) is 0 Å². The molecule has 4 rings (SSSR count). The van der Waals surface area contributed by atoms with E-state index in [1.54, 1.807) is 6.92 Å². The summed E-state index contributed by atoms with van der Waals surface area (Å²) >= 11 is 0. The molecule has 1 saturated carbocycles. The Morgan fingerprint density at radius 1 is 1.12 bits per heavy atom. The minimum atomic E-state index is -4.43. The number of carbonyl (C=O) groups excluding carboxylic acids is 1. The fourth-order valence-electron chi connectivity index (χ4n) is 6.01. The summed E-state index contributed by atoms with van der Waals surface area (Å²) in [5.41, 5.74) is 9.03. The van der Waals surface area contributed by atoms with Crippen molar-refractivity contribution in [2.24, 2.45) is 22.6 Å². The van der Waals surface area contributed by atoms with Gasteiger partial charge >= 0.3 is 6.18 Å². The molecule has 1 aromatic rings. The molecular weight excluding hydrogens is 529 g/mol. The number of hydrogen-bond donors (Lipinski definition) is 2. The van der Waals surface area contributed by atoms with Gasteiger partial charge in [0.05, 0.1) is 35.7 Å². The van der Waals surface area contributed by atoms with Gasteiger partial charge in [-0.3, -0.25) is 14.7 Å². The van der Waals surface area contributed by atoms with Gasteiger partial charge in [-0.1, -0.05) is 19.1 Å². The second-order valence-corrected chi connectivity index (χ2v) is 11.3. The quantitative estimate of drug-likeness (QED) is 0.305. The van der Waals surface area contributed by atoms with Gasteiger partial charge in [0.15, 0.2) is 0 Å². The summed E-state index contributed by atoms with van der Waals surface area (Å²) in [4.78, 5) is 20.2. The zero-order chi connectivity index (χ0) is 29.6. The van der Waals surface area contributed by atoms with Crippen molar-refractivity contribution in [1.29, 1.82) is 0 Å². The standard InChI is InChI=1S/C32H41F3N4O2/c1-21-4-13-29(24-5-11-28(12-6-24)39-14-16-41-17-15-39)22(2)19-27(18-21)38-31(40)30(20-36)23(3)37-26-9-7-25(8-10-26)32(33,34)35/h7-10,13,18-21,24,28H,4-6,11-12,14-17,36H2,1-3H3,(H,38,40)/b22-19?,27-18+,29-13?,30-20?,37-23?. The number of halogens is 3. The van der Waals surface area contributed by atoms with Gasteiger partial charge in [0, 0.05) is 31.0 Å². The van der Waals surface area contributed by atoms with Gasteiger partial charge in [0.1, 0.15) is 0 Å². The average Bonchev–Trinajstić information content (AvgIpc) is 2.93. The molecule has 6 nitrogen and oxygen atoms in total. The number of ether oxygens (including phenoxy) is 1. The summed E-state index contributed by atoms with van der Waals surface area (Å²) in [6.07, 6.45) is 8.76. The Bertz CT molecular complexity index is 1230. The lowest BCUT2D eigenvalue weighted by Gasteiger charge is -2.39. The number of rotatable bonds is 6. The number of aliphatic imine (C=N–C) groups is 1. The Labute approximate surface area is 240 Å². The molecule has 2 aliphatic carbocycles. The third kappa shape index (κ3) is 8.20. The first-order chi connectivity index (χ1) is 19.5. The number of benzene rings is 1. The van der Waals surface area contributed by atoms with E-state index in [1.165, 1.54) is 36.7 Å². The average molecular weight is 571 g/mol. The van der Waals surface area contributed by atoms with Crippen LogP contribution in [-0.2, 0) is 15.7 Å². The van der Waals surface area contributed by atoms with Gasteiger partial charge in [-0.05, 0) is 99.3 Å². The molecule has 1 heterocycles. The largest absolute Gasteiger partial charge is 0.416 e. The van der Waals surface area contributed by atoms with Crippen LogP contribution in [-0.4, -0.2) is 48.9 Å². The maximum atomic E-state index is 13.3. The Balaban J connectivity index is 1.43. The SMILES string of the molecule is CC1=C/C(NC(=O)C(=CN)C(C)=Nc2ccc(C(F)(F)F)cc2)=C\C(C)CC=C1C1CCC(N2CCOCC2)CC1. The number of hydrogen-bond acceptors (Lipinski definition) is 5. The maximum Gasteiger partial charge on any atom is 0.416 e. The smallest absolute Gasteiger partial charge is 0.404 e. The van der Waals surface area contributed by atoms with E-state index in [1.807, 2.05) is 12.2 Å². The molecule has 1 atom stereocenters. The van der Waals surface area contributed by atoms with Crippen molar-refractivity contribution in [3.63, 3.8) is 0 Å². The van der Waals surface area contributed by atoms with Crippen LogP contribution in [0.15, 0.2) is 76.1 Å². The second-order valence-electron chi connectivity index (χ2n) is 11.3. The molecule has 3 aliphatic rings. The number of allylic oxidation sites excluding steroid dienone is 5. The molecule has 1 unspecified atom stereocenters. The first kappa shape index (κ1) is 30.8. The molecule has 222 valence electrons. The number of nitrogens with one attached hydrogen (secondary N) is 1. The van der Waals surface area contributed by atoms with Crippen LogP contribution in [0.1, 0.15) is 58.4 Å². The van der Waals surface area contributed by atoms with Crippen molar-refractivity contribution < 1.29 is 22.7 Å². The summed E-state index contributed by atoms with van der Waals surface area (Å²) in [5, 5.41) is 2.99. The molecule has 0 spiro atoms. The van der Waals surface area contributed by atoms with Crippen molar-refractivity contribution in [2.45, 2.75) is 65.1 Å². The molecule has 0 bridgehead atoms. The van der Waals surface area contributed by atoms with E-state index in [4.69, 9.17) is 10.5 Å². The summed E-state index contributed by atoms with van der Waals surface area (Å²) in [6.45, 7) is 9.54. The Morgan fingerprint density at radius 2 is 1.78 bits per heavy atom. The van der Waals surface area contributed by atoms with Crippen LogP contribution in [0.25, 0.3) is 0 Å². The second kappa shape index (κ2) is 13.7. The van der Waals surface area contributed by atoms with E-state index in [0.717, 1.165) is 63.3 Å². The summed E-state index contributed by atoms with van der Waals surface area (Å²) in [6, 6.07) is 5.10. The van der Waals surface area contributed by atoms with E-state index in [2.05, 4.69) is 35.1 Å². The van der Waals surface area contributed by atoms with Crippen molar-refractivity contribution in [3.05, 3.63) is 76.7 Å². The molecule has 1 saturated heterocycles. The van der Waals surface area contributed by atoms with Crippen LogP contribution in [0, 0.1) is 11.8 Å². The first-order valence-electron chi connectivity index (χ1n) is 14.4. The first-order valence-corrected chi connectivity index (χ1v) is 14.4. The van der Waals surface area contributed by atoms with Crippen LogP contribution >= 0.6 is 0 Å². The molecule has 1 aromatic carbocycles. The van der Waals surface area contributed by atoms with Crippen molar-refractivity contribution in [3.8, 4) is 0 Å². The number of amides is 1. The normalized spacial score (nSPS) is 26.7. The lowest BCUT2D eigenvalue weighted by molar-refractivity contribution is -0.137. The molecule has 1 aliphatic heterocycles. The number of nitrogens with two attached hydrogens (primary N) is 1. The fourth-order valence-corrected chi connectivity index (χ4v) is 6.01. The van der Waals surface area contributed by atoms with Gasteiger partial charge in [-0.25, -0.2) is 0 Å². The molecule has 3 N–H and O–H groups in total. The van der Waals surface area contributed by atoms with Gasteiger partial charge in [-0.2, -0.15) is 13.2 Å². The molecule has 2 fully saturated rings. The fraction of sp³-hybridized carbons (Fsp3) is 0.500. The lowest BCUT2D eigenvalue weighted by atomic mass is 9.77. The topological polar surface area (TPSA) is 80.0 Å². The third-order valence-corrected chi connectivity index (χ3v) is 8.25. The monoisotopic (exact) mass is 570 g/mol. The van der Waals surface area contributed by atoms with Gasteiger partial charge in [0.2, 0.25) is 0 Å². The summed E-state index contributed by atoms with van der Waals surface area (Å²) in [7, 11) is 0. The van der Waals surface area contributed by atoms with Crippen molar-refractivity contribution in [1.82, 2.24) is 10.2 Å². The van der Waals surface area contributed by atoms with Gasteiger partial charge in [0.25, 0.3) is 5.91 Å². The van der Waals surface area contributed by atoms with E-state index in [-0.39, 0.29) is 11.5 Å². The molecule has 0 aromatic heterocycles. The van der Waals surface area contributed by atoms with E-state index in [0.29, 0.717) is 29.1 Å². The molecule has 9 heteroatoms. The Kier molecular flexibility index (Phi) is 10.3. The Morgan fingerprint density at radius 3 is 2.39 bits per heavy atom. The Hall–Kier alpha value is -3.17. The zero-order valence-electron chi connectivity index (χ0n) is 24.1. The van der Waals surface area contributed by atoms with Crippen LogP contribution in [0.2, 0.25) is 0 Å². The summed E-state index contributed by atoms with van der Waals surface area (Å²) < 4.78 is 44.2. The van der Waals surface area contributed by atoms with Gasteiger partial charge in [-0.15, -0.1) is 0 Å². The maximum absolute atomic E-state index is 13.3. The minimum Gasteiger partial charge on any atom is -0.404 e. The number of alkyl halides is 3. The van der Waals surface area contributed by atoms with Crippen LogP contribution in [0.4, 0.5) is 18.9 Å². The van der Waals surface area contributed by atoms with Crippen molar-refractivity contribution >= 4 is 17.3 Å². The highest BCUT2D eigenvalue weighted by molar-refractivity contribution is 6.21. The highest BCUT2D eigenvalue weighted by atomic mass is 19.4. The van der Waals surface area contributed by atoms with Gasteiger partial charge < -0.3 is 15.8 Å². The van der Waals surface area contributed by atoms with E-state index in [9.17, 15) is 18.0 Å². The summed E-state index contributed by atoms with van der Waals surface area (Å²) in [5.74, 6) is 0.310. The number of nitrogens with zero attached hydrogens (tertiary/aromatic N) is 2. The molecule has 1 amide bonds. The number of carbonyl (C=O) groups is 1. The third-order valence-electron chi connectivity index (χ3n) is 8.25.